The van der Waals surface area contributed by atoms with Crippen molar-refractivity contribution in [3.05, 3.63) is 11.2 Å². The summed E-state index contributed by atoms with van der Waals surface area (Å²) < 4.78 is 37.0. The Labute approximate surface area is 111 Å². The number of nitrogens with zero attached hydrogens (tertiary/aromatic N) is 1. The Balaban J connectivity index is 2.60. The lowest BCUT2D eigenvalue weighted by Crippen LogP contribution is -2.35. The fourth-order valence-electron chi connectivity index (χ4n) is 1.25. The van der Waals surface area contributed by atoms with E-state index in [1.54, 1.807) is 6.92 Å². The van der Waals surface area contributed by atoms with Crippen molar-refractivity contribution in [1.82, 2.24) is 9.71 Å². The molecule has 1 N–H and O–H groups in total. The number of hydrogen-bond acceptors (Lipinski definition) is 6. The Morgan fingerprint density at radius 2 is 2.00 bits per heavy atom. The SMILES string of the molecule is CCOC(CNS(=O)(=O)c1cnc(C)s1)OCC. The molecule has 0 unspecified atom stereocenters. The Hall–Kier alpha value is -0.540. The number of aromatic nitrogens is 1. The first-order valence-electron chi connectivity index (χ1n) is 5.65. The topological polar surface area (TPSA) is 77.5 Å². The van der Waals surface area contributed by atoms with Crippen LogP contribution in [0.5, 0.6) is 0 Å². The van der Waals surface area contributed by atoms with Crippen LogP contribution in [0, 0.1) is 6.92 Å². The van der Waals surface area contributed by atoms with Crippen molar-refractivity contribution in [3.8, 4) is 0 Å². The summed E-state index contributed by atoms with van der Waals surface area (Å²) >= 11 is 1.13. The van der Waals surface area contributed by atoms with Crippen molar-refractivity contribution in [1.29, 1.82) is 0 Å². The second-order valence-corrected chi connectivity index (χ2v) is 6.62. The normalized spacial score (nSPS) is 12.2. The molecule has 0 aliphatic heterocycles. The maximum atomic E-state index is 11.9. The molecule has 0 fully saturated rings. The van der Waals surface area contributed by atoms with Gasteiger partial charge in [0.25, 0.3) is 10.0 Å². The molecule has 0 radical (unpaired) electrons. The molecule has 1 rings (SSSR count). The summed E-state index contributed by atoms with van der Waals surface area (Å²) in [5.74, 6) is 0. The second kappa shape index (κ2) is 7.15. The summed E-state index contributed by atoms with van der Waals surface area (Å²) in [7, 11) is -3.53. The molecular weight excluding hydrogens is 276 g/mol. The molecular formula is C10H18N2O4S2. The molecule has 0 aromatic carbocycles. The molecule has 18 heavy (non-hydrogen) atoms. The molecule has 6 nitrogen and oxygen atoms in total. The zero-order valence-corrected chi connectivity index (χ0v) is 12.3. The predicted molar refractivity (Wildman–Crippen MR) is 69.1 cm³/mol. The van der Waals surface area contributed by atoms with E-state index in [1.807, 2.05) is 13.8 Å². The van der Waals surface area contributed by atoms with E-state index >= 15 is 0 Å². The molecule has 0 saturated carbocycles. The van der Waals surface area contributed by atoms with E-state index in [0.717, 1.165) is 11.3 Å². The monoisotopic (exact) mass is 294 g/mol. The van der Waals surface area contributed by atoms with Crippen molar-refractivity contribution in [2.75, 3.05) is 19.8 Å². The molecule has 0 spiro atoms. The van der Waals surface area contributed by atoms with Crippen LogP contribution in [0.15, 0.2) is 10.4 Å². The molecule has 8 heteroatoms. The van der Waals surface area contributed by atoms with Crippen LogP contribution in [0.4, 0.5) is 0 Å². The van der Waals surface area contributed by atoms with Crippen molar-refractivity contribution in [3.63, 3.8) is 0 Å². The molecule has 1 aromatic rings. The number of sulfonamides is 1. The zero-order valence-electron chi connectivity index (χ0n) is 10.7. The van der Waals surface area contributed by atoms with Gasteiger partial charge in [0.15, 0.2) is 10.5 Å². The number of nitrogens with one attached hydrogen (secondary N) is 1. The summed E-state index contributed by atoms with van der Waals surface area (Å²) in [6.45, 7) is 6.42. The third-order valence-corrected chi connectivity index (χ3v) is 4.81. The maximum Gasteiger partial charge on any atom is 0.251 e. The lowest BCUT2D eigenvalue weighted by molar-refractivity contribution is -0.130. The van der Waals surface area contributed by atoms with E-state index in [2.05, 4.69) is 9.71 Å². The molecule has 0 aliphatic carbocycles. The Morgan fingerprint density at radius 3 is 2.44 bits per heavy atom. The largest absolute Gasteiger partial charge is 0.352 e. The highest BCUT2D eigenvalue weighted by molar-refractivity contribution is 7.91. The minimum atomic E-state index is -3.53. The number of rotatable bonds is 8. The molecule has 1 aromatic heterocycles. The van der Waals surface area contributed by atoms with Gasteiger partial charge in [0, 0.05) is 13.2 Å². The highest BCUT2D eigenvalue weighted by Gasteiger charge is 2.19. The molecule has 0 saturated heterocycles. The van der Waals surface area contributed by atoms with E-state index < -0.39 is 16.3 Å². The van der Waals surface area contributed by atoms with Crippen LogP contribution >= 0.6 is 11.3 Å². The lowest BCUT2D eigenvalue weighted by atomic mass is 10.6. The summed E-state index contributed by atoms with van der Waals surface area (Å²) in [5, 5.41) is 0.710. The molecule has 0 atom stereocenters. The molecule has 0 bridgehead atoms. The van der Waals surface area contributed by atoms with Gasteiger partial charge in [-0.1, -0.05) is 0 Å². The van der Waals surface area contributed by atoms with Gasteiger partial charge in [-0.3, -0.25) is 0 Å². The predicted octanol–water partition coefficient (Wildman–Crippen LogP) is 1.13. The quantitative estimate of drug-likeness (QED) is 0.727. The lowest BCUT2D eigenvalue weighted by Gasteiger charge is -2.16. The van der Waals surface area contributed by atoms with Gasteiger partial charge < -0.3 is 9.47 Å². The fraction of sp³-hybridized carbons (Fsp3) is 0.700. The van der Waals surface area contributed by atoms with Crippen molar-refractivity contribution in [2.45, 2.75) is 31.3 Å². The van der Waals surface area contributed by atoms with Crippen LogP contribution in [0.25, 0.3) is 0 Å². The van der Waals surface area contributed by atoms with Crippen LogP contribution in [0.3, 0.4) is 0 Å². The minimum Gasteiger partial charge on any atom is -0.352 e. The van der Waals surface area contributed by atoms with Crippen LogP contribution in [-0.4, -0.2) is 39.5 Å². The highest BCUT2D eigenvalue weighted by atomic mass is 32.2. The third-order valence-electron chi connectivity index (χ3n) is 2.01. The Kier molecular flexibility index (Phi) is 6.16. The van der Waals surface area contributed by atoms with E-state index in [9.17, 15) is 8.42 Å². The molecule has 0 aliphatic rings. The first kappa shape index (κ1) is 15.5. The maximum absolute atomic E-state index is 11.9. The van der Waals surface area contributed by atoms with Gasteiger partial charge in [-0.25, -0.2) is 18.1 Å². The third kappa shape index (κ3) is 4.62. The first-order chi connectivity index (χ1) is 8.49. The van der Waals surface area contributed by atoms with Gasteiger partial charge in [-0.15, -0.1) is 11.3 Å². The average molecular weight is 294 g/mol. The van der Waals surface area contributed by atoms with Crippen LogP contribution in [0.1, 0.15) is 18.9 Å². The number of aryl methyl sites for hydroxylation is 1. The van der Waals surface area contributed by atoms with Gasteiger partial charge in [0.05, 0.1) is 17.7 Å². The van der Waals surface area contributed by atoms with Gasteiger partial charge >= 0.3 is 0 Å². The smallest absolute Gasteiger partial charge is 0.251 e. The van der Waals surface area contributed by atoms with Crippen LogP contribution in [0.2, 0.25) is 0 Å². The van der Waals surface area contributed by atoms with Gasteiger partial charge in [-0.05, 0) is 20.8 Å². The van der Waals surface area contributed by atoms with Crippen molar-refractivity contribution in [2.24, 2.45) is 0 Å². The van der Waals surface area contributed by atoms with Gasteiger partial charge in [0.2, 0.25) is 0 Å². The standard InChI is InChI=1S/C10H18N2O4S2/c1-4-15-9(16-5-2)6-12-18(13,14)10-7-11-8(3)17-10/h7,9,12H,4-6H2,1-3H3. The summed E-state index contributed by atoms with van der Waals surface area (Å²) in [4.78, 5) is 3.92. The fourth-order valence-corrected chi connectivity index (χ4v) is 3.42. The summed E-state index contributed by atoms with van der Waals surface area (Å²) in [6, 6.07) is 0. The van der Waals surface area contributed by atoms with Crippen LogP contribution in [-0.2, 0) is 19.5 Å². The first-order valence-corrected chi connectivity index (χ1v) is 7.94. The van der Waals surface area contributed by atoms with E-state index in [0.29, 0.717) is 18.2 Å². The Morgan fingerprint density at radius 1 is 1.39 bits per heavy atom. The van der Waals surface area contributed by atoms with Gasteiger partial charge in [-0.2, -0.15) is 0 Å². The van der Waals surface area contributed by atoms with E-state index in [-0.39, 0.29) is 10.8 Å². The average Bonchev–Trinajstić information content (AvgIpc) is 2.74. The van der Waals surface area contributed by atoms with Gasteiger partial charge in [0.1, 0.15) is 0 Å². The van der Waals surface area contributed by atoms with E-state index in [1.165, 1.54) is 6.20 Å². The summed E-state index contributed by atoms with van der Waals surface area (Å²) in [6.07, 6.45) is 0.780. The number of hydrogen-bond donors (Lipinski definition) is 1. The molecule has 104 valence electrons. The second-order valence-electron chi connectivity index (χ2n) is 3.39. The summed E-state index contributed by atoms with van der Waals surface area (Å²) in [5.41, 5.74) is 0. The zero-order chi connectivity index (χ0) is 13.6. The number of ether oxygens (including phenoxy) is 2. The van der Waals surface area contributed by atoms with Crippen molar-refractivity contribution < 1.29 is 17.9 Å². The van der Waals surface area contributed by atoms with Crippen LogP contribution < -0.4 is 4.72 Å². The molecule has 1 heterocycles. The highest BCUT2D eigenvalue weighted by Crippen LogP contribution is 2.17. The van der Waals surface area contributed by atoms with E-state index in [4.69, 9.17) is 9.47 Å². The number of thiazole rings is 1. The molecule has 0 amide bonds. The minimum absolute atomic E-state index is 0.0843. The van der Waals surface area contributed by atoms with Crippen molar-refractivity contribution >= 4 is 21.4 Å². The Bertz CT molecular complexity index is 452.